The van der Waals surface area contributed by atoms with Crippen molar-refractivity contribution < 1.29 is 13.9 Å². The fourth-order valence-electron chi connectivity index (χ4n) is 8.47. The first-order chi connectivity index (χ1) is 12.9. The number of hydrogen-bond acceptors (Lipinski definition) is 2. The molecule has 0 aromatic rings. The van der Waals surface area contributed by atoms with Gasteiger partial charge in [-0.15, -0.1) is 0 Å². The number of carbonyl (C=O) groups is 1. The van der Waals surface area contributed by atoms with Crippen LogP contribution < -0.4 is 0 Å². The lowest BCUT2D eigenvalue weighted by Crippen LogP contribution is -2.53. The second-order valence-corrected chi connectivity index (χ2v) is 10.8. The lowest BCUT2D eigenvalue weighted by Gasteiger charge is -2.61. The third-order valence-electron chi connectivity index (χ3n) is 9.91. The molecule has 0 heterocycles. The summed E-state index contributed by atoms with van der Waals surface area (Å²) in [6.45, 7) is 5.00. The van der Waals surface area contributed by atoms with Gasteiger partial charge in [0.1, 0.15) is 6.17 Å². The number of esters is 1. The Balaban J connectivity index is 1.46. The smallest absolute Gasteiger partial charge is 0.305 e. The summed E-state index contributed by atoms with van der Waals surface area (Å²) in [5.74, 6) is 3.87. The Hall–Kier alpha value is -0.600. The molecular weight excluding hydrogens is 339 g/mol. The Morgan fingerprint density at radius 1 is 1.00 bits per heavy atom. The molecule has 4 aliphatic rings. The molecule has 8 atom stereocenters. The maximum absolute atomic E-state index is 14.4. The second kappa shape index (κ2) is 7.34. The third-order valence-corrected chi connectivity index (χ3v) is 9.91. The molecule has 4 fully saturated rings. The van der Waals surface area contributed by atoms with Crippen molar-refractivity contribution in [3.63, 3.8) is 0 Å². The molecule has 0 radical (unpaired) electrons. The van der Waals surface area contributed by atoms with Crippen LogP contribution in [0.25, 0.3) is 0 Å². The van der Waals surface area contributed by atoms with Crippen LogP contribution in [-0.4, -0.2) is 19.3 Å². The highest BCUT2D eigenvalue weighted by Crippen LogP contribution is 2.68. The summed E-state index contributed by atoms with van der Waals surface area (Å²) in [5, 5.41) is 0. The number of methoxy groups -OCH3 is 1. The molecule has 154 valence electrons. The minimum Gasteiger partial charge on any atom is -0.469 e. The minimum absolute atomic E-state index is 0.0669. The van der Waals surface area contributed by atoms with Crippen LogP contribution in [0.1, 0.15) is 90.9 Å². The van der Waals surface area contributed by atoms with Crippen LogP contribution in [0.2, 0.25) is 0 Å². The van der Waals surface area contributed by atoms with Gasteiger partial charge < -0.3 is 4.74 Å². The van der Waals surface area contributed by atoms with Gasteiger partial charge in [-0.05, 0) is 111 Å². The van der Waals surface area contributed by atoms with E-state index >= 15 is 0 Å². The third kappa shape index (κ3) is 3.25. The number of fused-ring (bicyclic) bond motifs is 5. The molecule has 4 aliphatic carbocycles. The van der Waals surface area contributed by atoms with Crippen molar-refractivity contribution in [3.8, 4) is 0 Å². The van der Waals surface area contributed by atoms with E-state index < -0.39 is 6.17 Å². The van der Waals surface area contributed by atoms with Crippen molar-refractivity contribution in [2.24, 2.45) is 40.4 Å². The van der Waals surface area contributed by atoms with Gasteiger partial charge in [-0.2, -0.15) is 0 Å². The largest absolute Gasteiger partial charge is 0.469 e. The number of halogens is 1. The van der Waals surface area contributed by atoms with E-state index in [4.69, 9.17) is 4.74 Å². The van der Waals surface area contributed by atoms with Crippen LogP contribution in [0.4, 0.5) is 4.39 Å². The van der Waals surface area contributed by atoms with E-state index in [1.54, 1.807) is 0 Å². The van der Waals surface area contributed by atoms with E-state index in [1.807, 2.05) is 0 Å². The number of carbonyl (C=O) groups excluding carboxylic acids is 1. The lowest BCUT2D eigenvalue weighted by atomic mass is 9.44. The molecule has 0 spiro atoms. The Bertz CT molecular complexity index is 563. The average Bonchev–Trinajstić information content (AvgIpc) is 2.97. The SMILES string of the molecule is COC(=O)CCCC1CCC2C3CCC4CCC(F)C[C@]4(C)C3CC[C@]12C. The van der Waals surface area contributed by atoms with Crippen LogP contribution in [0, 0.1) is 40.4 Å². The molecule has 27 heavy (non-hydrogen) atoms. The van der Waals surface area contributed by atoms with Crippen molar-refractivity contribution in [3.05, 3.63) is 0 Å². The van der Waals surface area contributed by atoms with Gasteiger partial charge in [0.05, 0.1) is 7.11 Å². The summed E-state index contributed by atoms with van der Waals surface area (Å²) in [4.78, 5) is 11.5. The van der Waals surface area contributed by atoms with Crippen LogP contribution >= 0.6 is 0 Å². The van der Waals surface area contributed by atoms with E-state index in [0.717, 1.165) is 55.3 Å². The molecule has 0 bridgehead atoms. The second-order valence-electron chi connectivity index (χ2n) is 10.8. The van der Waals surface area contributed by atoms with E-state index in [1.165, 1.54) is 52.1 Å². The Morgan fingerprint density at radius 3 is 2.52 bits per heavy atom. The number of rotatable bonds is 4. The van der Waals surface area contributed by atoms with Gasteiger partial charge in [0.25, 0.3) is 0 Å². The summed E-state index contributed by atoms with van der Waals surface area (Å²) in [5.41, 5.74) is 0.704. The molecule has 0 N–H and O–H groups in total. The Kier molecular flexibility index (Phi) is 5.35. The maximum atomic E-state index is 14.4. The summed E-state index contributed by atoms with van der Waals surface area (Å²) in [7, 11) is 1.49. The molecule has 0 saturated heterocycles. The summed E-state index contributed by atoms with van der Waals surface area (Å²) >= 11 is 0. The summed E-state index contributed by atoms with van der Waals surface area (Å²) in [6, 6.07) is 0. The Morgan fingerprint density at radius 2 is 1.74 bits per heavy atom. The fourth-order valence-corrected chi connectivity index (χ4v) is 8.47. The number of alkyl halides is 1. The molecule has 6 unspecified atom stereocenters. The van der Waals surface area contributed by atoms with E-state index in [0.29, 0.717) is 11.8 Å². The minimum atomic E-state index is -0.562. The van der Waals surface area contributed by atoms with Crippen molar-refractivity contribution in [2.45, 2.75) is 97.1 Å². The van der Waals surface area contributed by atoms with Gasteiger partial charge in [-0.3, -0.25) is 4.79 Å². The lowest BCUT2D eigenvalue weighted by molar-refractivity contribution is -0.141. The first-order valence-corrected chi connectivity index (χ1v) is 11.6. The van der Waals surface area contributed by atoms with Crippen LogP contribution in [0.3, 0.4) is 0 Å². The molecule has 0 amide bonds. The van der Waals surface area contributed by atoms with Gasteiger partial charge in [0.2, 0.25) is 0 Å². The average molecular weight is 379 g/mol. The van der Waals surface area contributed by atoms with Crippen molar-refractivity contribution in [2.75, 3.05) is 7.11 Å². The fraction of sp³-hybridized carbons (Fsp3) is 0.958. The molecular formula is C24H39FO2. The van der Waals surface area contributed by atoms with E-state index in [2.05, 4.69) is 13.8 Å². The molecule has 4 rings (SSSR count). The Labute approximate surface area is 165 Å². The number of ether oxygens (including phenoxy) is 1. The summed E-state index contributed by atoms with van der Waals surface area (Å²) in [6.07, 6.45) is 12.9. The van der Waals surface area contributed by atoms with Gasteiger partial charge in [-0.25, -0.2) is 4.39 Å². The maximum Gasteiger partial charge on any atom is 0.305 e. The highest BCUT2D eigenvalue weighted by atomic mass is 19.1. The molecule has 4 saturated carbocycles. The predicted molar refractivity (Wildman–Crippen MR) is 106 cm³/mol. The topological polar surface area (TPSA) is 26.3 Å². The van der Waals surface area contributed by atoms with Gasteiger partial charge in [-0.1, -0.05) is 13.8 Å². The predicted octanol–water partition coefficient (Wildman–Crippen LogP) is 6.33. The molecule has 0 aliphatic heterocycles. The zero-order valence-electron chi connectivity index (χ0n) is 17.6. The van der Waals surface area contributed by atoms with Crippen molar-refractivity contribution in [1.82, 2.24) is 0 Å². The van der Waals surface area contributed by atoms with E-state index in [-0.39, 0.29) is 11.4 Å². The van der Waals surface area contributed by atoms with Crippen LogP contribution in [0.15, 0.2) is 0 Å². The van der Waals surface area contributed by atoms with Crippen molar-refractivity contribution in [1.29, 1.82) is 0 Å². The zero-order chi connectivity index (χ0) is 19.2. The standard InChI is InChI=1S/C24H39FO2/c1-23-14-13-21-19(11-8-17-7-10-18(25)15-24(17,21)2)20(23)12-9-16(23)5-4-6-22(26)27-3/h16-21H,4-15H2,1-3H3/t16?,17?,18?,19?,20?,21?,23-,24+/m1/s1. The highest BCUT2D eigenvalue weighted by molar-refractivity contribution is 5.68. The normalized spacial score (nSPS) is 49.0. The highest BCUT2D eigenvalue weighted by Gasteiger charge is 2.60. The zero-order valence-corrected chi connectivity index (χ0v) is 17.6. The monoisotopic (exact) mass is 378 g/mol. The summed E-state index contributed by atoms with van der Waals surface area (Å²) < 4.78 is 19.2. The van der Waals surface area contributed by atoms with Gasteiger partial charge >= 0.3 is 5.97 Å². The van der Waals surface area contributed by atoms with Gasteiger partial charge in [0, 0.05) is 6.42 Å². The molecule has 2 nitrogen and oxygen atoms in total. The first-order valence-electron chi connectivity index (χ1n) is 11.6. The molecule has 0 aromatic carbocycles. The van der Waals surface area contributed by atoms with Crippen LogP contribution in [0.5, 0.6) is 0 Å². The molecule has 3 heteroatoms. The molecule has 0 aromatic heterocycles. The quantitative estimate of drug-likeness (QED) is 0.535. The van der Waals surface area contributed by atoms with Crippen molar-refractivity contribution >= 4 is 5.97 Å². The van der Waals surface area contributed by atoms with Crippen LogP contribution in [-0.2, 0) is 9.53 Å². The van der Waals surface area contributed by atoms with Gasteiger partial charge in [0.15, 0.2) is 0 Å². The first kappa shape index (κ1) is 19.7. The number of hydrogen-bond donors (Lipinski definition) is 0. The van der Waals surface area contributed by atoms with E-state index in [9.17, 15) is 9.18 Å².